The normalized spacial score (nSPS) is 11.9. The SMILES string of the molecule is CCOC(=O)CC(CCN)SCc1ccc(OC)cc1. The van der Waals surface area contributed by atoms with Gasteiger partial charge < -0.3 is 15.2 Å². The van der Waals surface area contributed by atoms with Crippen LogP contribution in [0.25, 0.3) is 0 Å². The molecule has 1 aromatic rings. The van der Waals surface area contributed by atoms with Gasteiger partial charge in [0.1, 0.15) is 5.75 Å². The van der Waals surface area contributed by atoms with Gasteiger partial charge in [0.05, 0.1) is 20.1 Å². The first kappa shape index (κ1) is 16.9. The minimum atomic E-state index is -0.145. The van der Waals surface area contributed by atoms with Crippen LogP contribution < -0.4 is 10.5 Å². The Bertz CT molecular complexity index is 395. The average molecular weight is 297 g/mol. The molecule has 0 fully saturated rings. The number of esters is 1. The van der Waals surface area contributed by atoms with E-state index in [0.717, 1.165) is 17.9 Å². The van der Waals surface area contributed by atoms with E-state index < -0.39 is 0 Å². The Labute approximate surface area is 125 Å². The Balaban J connectivity index is 2.46. The van der Waals surface area contributed by atoms with Gasteiger partial charge in [-0.05, 0) is 37.6 Å². The summed E-state index contributed by atoms with van der Waals surface area (Å²) in [6.07, 6.45) is 1.24. The van der Waals surface area contributed by atoms with E-state index in [9.17, 15) is 4.79 Å². The second-order valence-corrected chi connectivity index (χ2v) is 5.66. The molecule has 0 heterocycles. The Morgan fingerprint density at radius 1 is 1.35 bits per heavy atom. The number of carbonyl (C=O) groups is 1. The molecule has 0 aliphatic heterocycles. The van der Waals surface area contributed by atoms with Gasteiger partial charge in [0, 0.05) is 11.0 Å². The largest absolute Gasteiger partial charge is 0.497 e. The van der Waals surface area contributed by atoms with Crippen LogP contribution in [0.1, 0.15) is 25.3 Å². The first-order valence-electron chi connectivity index (χ1n) is 6.79. The lowest BCUT2D eigenvalue weighted by molar-refractivity contribution is -0.143. The average Bonchev–Trinajstić information content (AvgIpc) is 2.46. The summed E-state index contributed by atoms with van der Waals surface area (Å²) in [7, 11) is 1.65. The van der Waals surface area contributed by atoms with E-state index in [1.165, 1.54) is 5.56 Å². The van der Waals surface area contributed by atoms with Crippen LogP contribution in [0.4, 0.5) is 0 Å². The molecule has 0 bridgehead atoms. The Morgan fingerprint density at radius 3 is 2.60 bits per heavy atom. The zero-order valence-electron chi connectivity index (χ0n) is 12.1. The maximum atomic E-state index is 11.5. The van der Waals surface area contributed by atoms with Crippen molar-refractivity contribution in [2.45, 2.75) is 30.8 Å². The highest BCUT2D eigenvalue weighted by Crippen LogP contribution is 2.24. The third-order valence-corrected chi connectivity index (χ3v) is 4.21. The molecular weight excluding hydrogens is 274 g/mol. The van der Waals surface area contributed by atoms with Gasteiger partial charge in [0.2, 0.25) is 0 Å². The molecule has 1 rings (SSSR count). The third-order valence-electron chi connectivity index (χ3n) is 2.83. The number of rotatable bonds is 9. The summed E-state index contributed by atoms with van der Waals surface area (Å²) in [5.41, 5.74) is 6.81. The molecular formula is C15H23NO3S. The van der Waals surface area contributed by atoms with Crippen LogP contribution in [0.5, 0.6) is 5.75 Å². The molecule has 0 saturated heterocycles. The summed E-state index contributed by atoms with van der Waals surface area (Å²) in [5.74, 6) is 1.56. The molecule has 112 valence electrons. The highest BCUT2D eigenvalue weighted by Gasteiger charge is 2.14. The van der Waals surface area contributed by atoms with Gasteiger partial charge >= 0.3 is 5.97 Å². The number of carbonyl (C=O) groups excluding carboxylic acids is 1. The molecule has 2 N–H and O–H groups in total. The zero-order valence-corrected chi connectivity index (χ0v) is 12.9. The van der Waals surface area contributed by atoms with Gasteiger partial charge in [-0.2, -0.15) is 11.8 Å². The molecule has 0 saturated carbocycles. The third kappa shape index (κ3) is 6.30. The number of ether oxygens (including phenoxy) is 2. The van der Waals surface area contributed by atoms with Crippen molar-refractivity contribution in [2.75, 3.05) is 20.3 Å². The van der Waals surface area contributed by atoms with Crippen molar-refractivity contribution < 1.29 is 14.3 Å². The monoisotopic (exact) mass is 297 g/mol. The van der Waals surface area contributed by atoms with Crippen molar-refractivity contribution in [3.05, 3.63) is 29.8 Å². The van der Waals surface area contributed by atoms with E-state index in [2.05, 4.69) is 0 Å². The molecule has 0 aliphatic rings. The fourth-order valence-electron chi connectivity index (χ4n) is 1.77. The molecule has 20 heavy (non-hydrogen) atoms. The van der Waals surface area contributed by atoms with E-state index in [0.29, 0.717) is 19.6 Å². The summed E-state index contributed by atoms with van der Waals surface area (Å²) >= 11 is 1.75. The number of benzene rings is 1. The Hall–Kier alpha value is -1.20. The molecule has 5 heteroatoms. The molecule has 1 aromatic carbocycles. The fraction of sp³-hybridized carbons (Fsp3) is 0.533. The molecule has 0 radical (unpaired) electrons. The predicted octanol–water partition coefficient (Wildman–Crippen LogP) is 2.60. The first-order chi connectivity index (χ1) is 9.69. The lowest BCUT2D eigenvalue weighted by atomic mass is 10.2. The lowest BCUT2D eigenvalue weighted by Crippen LogP contribution is -2.17. The molecule has 4 nitrogen and oxygen atoms in total. The van der Waals surface area contributed by atoms with Gasteiger partial charge in [-0.15, -0.1) is 0 Å². The van der Waals surface area contributed by atoms with Crippen molar-refractivity contribution >= 4 is 17.7 Å². The fourth-order valence-corrected chi connectivity index (χ4v) is 2.95. The van der Waals surface area contributed by atoms with Crippen LogP contribution in [0.15, 0.2) is 24.3 Å². The predicted molar refractivity (Wildman–Crippen MR) is 83.0 cm³/mol. The number of methoxy groups -OCH3 is 1. The number of thioether (sulfide) groups is 1. The number of nitrogens with two attached hydrogens (primary N) is 1. The number of hydrogen-bond acceptors (Lipinski definition) is 5. The summed E-state index contributed by atoms with van der Waals surface area (Å²) in [4.78, 5) is 11.5. The van der Waals surface area contributed by atoms with Gasteiger partial charge in [-0.25, -0.2) is 0 Å². The minimum absolute atomic E-state index is 0.145. The molecule has 0 amide bonds. The summed E-state index contributed by atoms with van der Waals surface area (Å²) < 4.78 is 10.1. The van der Waals surface area contributed by atoms with Gasteiger partial charge in [-0.1, -0.05) is 12.1 Å². The zero-order chi connectivity index (χ0) is 14.8. The second kappa shape index (κ2) is 9.66. The van der Waals surface area contributed by atoms with Crippen LogP contribution >= 0.6 is 11.8 Å². The Morgan fingerprint density at radius 2 is 2.05 bits per heavy atom. The van der Waals surface area contributed by atoms with E-state index in [-0.39, 0.29) is 11.2 Å². The van der Waals surface area contributed by atoms with Crippen LogP contribution in [-0.2, 0) is 15.3 Å². The van der Waals surface area contributed by atoms with Gasteiger partial charge in [0.25, 0.3) is 0 Å². The highest BCUT2D eigenvalue weighted by molar-refractivity contribution is 7.99. The molecule has 0 spiro atoms. The van der Waals surface area contributed by atoms with Crippen molar-refractivity contribution in [1.82, 2.24) is 0 Å². The van der Waals surface area contributed by atoms with Crippen molar-refractivity contribution in [3.8, 4) is 5.75 Å². The van der Waals surface area contributed by atoms with Gasteiger partial charge in [-0.3, -0.25) is 4.79 Å². The lowest BCUT2D eigenvalue weighted by Gasteiger charge is -2.15. The quantitative estimate of drug-likeness (QED) is 0.710. The maximum absolute atomic E-state index is 11.5. The van der Waals surface area contributed by atoms with E-state index in [1.807, 2.05) is 31.2 Å². The molecule has 0 aromatic heterocycles. The maximum Gasteiger partial charge on any atom is 0.306 e. The van der Waals surface area contributed by atoms with Crippen molar-refractivity contribution in [2.24, 2.45) is 5.73 Å². The standard InChI is InChI=1S/C15H23NO3S/c1-3-19-15(17)10-14(8-9-16)20-11-12-4-6-13(18-2)7-5-12/h4-7,14H,3,8-11,16H2,1-2H3. The van der Waals surface area contributed by atoms with Crippen LogP contribution in [0.3, 0.4) is 0 Å². The smallest absolute Gasteiger partial charge is 0.306 e. The summed E-state index contributed by atoms with van der Waals surface area (Å²) in [5, 5.41) is 0.209. The molecule has 1 atom stereocenters. The number of hydrogen-bond donors (Lipinski definition) is 1. The van der Waals surface area contributed by atoms with E-state index in [4.69, 9.17) is 15.2 Å². The van der Waals surface area contributed by atoms with E-state index in [1.54, 1.807) is 18.9 Å². The van der Waals surface area contributed by atoms with Crippen molar-refractivity contribution in [1.29, 1.82) is 0 Å². The summed E-state index contributed by atoms with van der Waals surface area (Å²) in [6.45, 7) is 2.83. The molecule has 1 unspecified atom stereocenters. The topological polar surface area (TPSA) is 61.5 Å². The van der Waals surface area contributed by atoms with Gasteiger partial charge in [0.15, 0.2) is 0 Å². The Kier molecular flexibility index (Phi) is 8.14. The van der Waals surface area contributed by atoms with E-state index >= 15 is 0 Å². The van der Waals surface area contributed by atoms with Crippen LogP contribution in [0, 0.1) is 0 Å². The van der Waals surface area contributed by atoms with Crippen LogP contribution in [0.2, 0.25) is 0 Å². The highest BCUT2D eigenvalue weighted by atomic mass is 32.2. The minimum Gasteiger partial charge on any atom is -0.497 e. The van der Waals surface area contributed by atoms with Crippen LogP contribution in [-0.4, -0.2) is 31.5 Å². The van der Waals surface area contributed by atoms with Crippen molar-refractivity contribution in [3.63, 3.8) is 0 Å². The molecule has 0 aliphatic carbocycles. The first-order valence-corrected chi connectivity index (χ1v) is 7.84. The summed E-state index contributed by atoms with van der Waals surface area (Å²) in [6, 6.07) is 7.96. The second-order valence-electron chi connectivity index (χ2n) is 4.37.